The summed E-state index contributed by atoms with van der Waals surface area (Å²) < 4.78 is 6.44. The van der Waals surface area contributed by atoms with Gasteiger partial charge in [0, 0.05) is 10.7 Å². The molecular formula is C16H14ClN3O2S. The molecule has 0 atom stereocenters. The molecule has 2 aromatic carbocycles. The van der Waals surface area contributed by atoms with Gasteiger partial charge < -0.3 is 15.8 Å². The van der Waals surface area contributed by atoms with E-state index in [0.29, 0.717) is 21.6 Å². The zero-order valence-corrected chi connectivity index (χ0v) is 13.9. The predicted octanol–water partition coefficient (Wildman–Crippen LogP) is 3.86. The number of anilines is 2. The molecule has 0 aliphatic heterocycles. The zero-order valence-electron chi connectivity index (χ0n) is 12.3. The molecule has 0 aliphatic rings. The molecule has 3 rings (SSSR count). The summed E-state index contributed by atoms with van der Waals surface area (Å²) in [4.78, 5) is 16.2. The Balaban J connectivity index is 1.63. The van der Waals surface area contributed by atoms with Gasteiger partial charge in [0.2, 0.25) is 0 Å². The smallest absolute Gasteiger partial charge is 0.262 e. The number of rotatable bonds is 4. The molecule has 3 aromatic rings. The number of halogens is 1. The Morgan fingerprint density at radius 1 is 1.35 bits per heavy atom. The van der Waals surface area contributed by atoms with Crippen molar-refractivity contribution in [1.29, 1.82) is 0 Å². The van der Waals surface area contributed by atoms with Crippen LogP contribution in [0, 0.1) is 6.92 Å². The number of nitrogen functional groups attached to an aromatic ring is 1. The molecule has 0 saturated carbocycles. The molecule has 1 heterocycles. The summed E-state index contributed by atoms with van der Waals surface area (Å²) in [6.45, 7) is 1.80. The molecule has 7 heteroatoms. The molecule has 23 heavy (non-hydrogen) atoms. The molecule has 0 bridgehead atoms. The molecule has 0 radical (unpaired) electrons. The fraction of sp³-hybridized carbons (Fsp3) is 0.125. The highest BCUT2D eigenvalue weighted by molar-refractivity contribution is 7.22. The van der Waals surface area contributed by atoms with Crippen LogP contribution in [0.2, 0.25) is 5.02 Å². The maximum Gasteiger partial charge on any atom is 0.262 e. The second-order valence-electron chi connectivity index (χ2n) is 4.98. The summed E-state index contributed by atoms with van der Waals surface area (Å²) in [5.74, 6) is 0.395. The lowest BCUT2D eigenvalue weighted by atomic mass is 10.2. The fourth-order valence-electron chi connectivity index (χ4n) is 2.14. The highest BCUT2D eigenvalue weighted by atomic mass is 35.5. The highest BCUT2D eigenvalue weighted by Crippen LogP contribution is 2.26. The van der Waals surface area contributed by atoms with E-state index in [1.54, 1.807) is 24.3 Å². The molecule has 3 N–H and O–H groups in total. The van der Waals surface area contributed by atoms with Crippen molar-refractivity contribution in [2.24, 2.45) is 0 Å². The van der Waals surface area contributed by atoms with Crippen molar-refractivity contribution in [2.45, 2.75) is 6.92 Å². The van der Waals surface area contributed by atoms with E-state index in [-0.39, 0.29) is 12.5 Å². The lowest BCUT2D eigenvalue weighted by molar-refractivity contribution is -0.118. The number of hydrogen-bond acceptors (Lipinski definition) is 5. The Morgan fingerprint density at radius 3 is 2.96 bits per heavy atom. The number of aromatic nitrogens is 1. The van der Waals surface area contributed by atoms with Gasteiger partial charge in [-0.15, -0.1) is 0 Å². The molecule has 0 aliphatic carbocycles. The van der Waals surface area contributed by atoms with Crippen molar-refractivity contribution in [3.8, 4) is 5.75 Å². The standard InChI is InChI=1S/C16H14ClN3O2S/c1-9-6-10(17)2-5-13(9)22-8-15(21)19-11-3-4-12-14(7-11)23-16(18)20-12/h2-7H,8H2,1H3,(H2,18,20)(H,19,21). The first-order valence-corrected chi connectivity index (χ1v) is 8.05. The minimum Gasteiger partial charge on any atom is -0.483 e. The van der Waals surface area contributed by atoms with E-state index in [2.05, 4.69) is 10.3 Å². The first-order valence-electron chi connectivity index (χ1n) is 6.86. The maximum absolute atomic E-state index is 12.0. The van der Waals surface area contributed by atoms with Gasteiger partial charge in [-0.2, -0.15) is 0 Å². The van der Waals surface area contributed by atoms with E-state index in [4.69, 9.17) is 22.1 Å². The van der Waals surface area contributed by atoms with Gasteiger partial charge in [-0.1, -0.05) is 22.9 Å². The first kappa shape index (κ1) is 15.6. The Hall–Kier alpha value is -2.31. The van der Waals surface area contributed by atoms with Gasteiger partial charge in [0.05, 0.1) is 10.2 Å². The van der Waals surface area contributed by atoms with Crippen LogP contribution in [-0.4, -0.2) is 17.5 Å². The number of amides is 1. The monoisotopic (exact) mass is 347 g/mol. The van der Waals surface area contributed by atoms with Crippen molar-refractivity contribution in [2.75, 3.05) is 17.7 Å². The third-order valence-electron chi connectivity index (χ3n) is 3.18. The van der Waals surface area contributed by atoms with Gasteiger partial charge in [0.1, 0.15) is 5.75 Å². The Labute approximate surface area is 142 Å². The number of hydrogen-bond donors (Lipinski definition) is 2. The van der Waals surface area contributed by atoms with Gasteiger partial charge in [-0.05, 0) is 48.9 Å². The molecule has 0 fully saturated rings. The minimum atomic E-state index is -0.240. The second-order valence-corrected chi connectivity index (χ2v) is 6.48. The van der Waals surface area contributed by atoms with Crippen LogP contribution in [0.15, 0.2) is 36.4 Å². The van der Waals surface area contributed by atoms with Crippen LogP contribution in [-0.2, 0) is 4.79 Å². The molecule has 5 nitrogen and oxygen atoms in total. The number of carbonyl (C=O) groups excluding carboxylic acids is 1. The number of benzene rings is 2. The fourth-order valence-corrected chi connectivity index (χ4v) is 3.14. The summed E-state index contributed by atoms with van der Waals surface area (Å²) in [5, 5.41) is 3.93. The number of carbonyl (C=O) groups is 1. The second kappa shape index (κ2) is 6.44. The van der Waals surface area contributed by atoms with Crippen LogP contribution >= 0.6 is 22.9 Å². The van der Waals surface area contributed by atoms with Gasteiger partial charge >= 0.3 is 0 Å². The normalized spacial score (nSPS) is 10.7. The maximum atomic E-state index is 12.0. The molecule has 1 aromatic heterocycles. The van der Waals surface area contributed by atoms with Crippen molar-refractivity contribution in [1.82, 2.24) is 4.98 Å². The number of nitrogens with zero attached hydrogens (tertiary/aromatic N) is 1. The molecule has 0 saturated heterocycles. The average Bonchev–Trinajstić information content (AvgIpc) is 2.85. The minimum absolute atomic E-state index is 0.0780. The van der Waals surface area contributed by atoms with E-state index < -0.39 is 0 Å². The van der Waals surface area contributed by atoms with Gasteiger partial charge in [-0.25, -0.2) is 4.98 Å². The number of ether oxygens (including phenoxy) is 1. The molecule has 118 valence electrons. The summed E-state index contributed by atoms with van der Waals surface area (Å²) >= 11 is 7.27. The summed E-state index contributed by atoms with van der Waals surface area (Å²) in [6.07, 6.45) is 0. The third-order valence-corrected chi connectivity index (χ3v) is 4.27. The molecule has 0 spiro atoms. The Bertz CT molecular complexity index is 879. The van der Waals surface area contributed by atoms with E-state index in [9.17, 15) is 4.79 Å². The molecular weight excluding hydrogens is 334 g/mol. The average molecular weight is 348 g/mol. The van der Waals surface area contributed by atoms with Crippen LogP contribution in [0.1, 0.15) is 5.56 Å². The summed E-state index contributed by atoms with van der Waals surface area (Å²) in [7, 11) is 0. The number of nitrogens with one attached hydrogen (secondary N) is 1. The van der Waals surface area contributed by atoms with Crippen LogP contribution < -0.4 is 15.8 Å². The summed E-state index contributed by atoms with van der Waals surface area (Å²) in [5.41, 5.74) is 8.05. The highest BCUT2D eigenvalue weighted by Gasteiger charge is 2.08. The van der Waals surface area contributed by atoms with Crippen LogP contribution in [0.25, 0.3) is 10.2 Å². The largest absolute Gasteiger partial charge is 0.483 e. The van der Waals surface area contributed by atoms with Crippen molar-refractivity contribution < 1.29 is 9.53 Å². The van der Waals surface area contributed by atoms with Gasteiger partial charge in [-0.3, -0.25) is 4.79 Å². The van der Waals surface area contributed by atoms with Crippen LogP contribution in [0.4, 0.5) is 10.8 Å². The number of fused-ring (bicyclic) bond motifs is 1. The van der Waals surface area contributed by atoms with Gasteiger partial charge in [0.15, 0.2) is 11.7 Å². The Kier molecular flexibility index (Phi) is 4.36. The summed E-state index contributed by atoms with van der Waals surface area (Å²) in [6, 6.07) is 10.7. The lowest BCUT2D eigenvalue weighted by Gasteiger charge is -2.10. The first-order chi connectivity index (χ1) is 11.0. The SMILES string of the molecule is Cc1cc(Cl)ccc1OCC(=O)Nc1ccc2nc(N)sc2c1. The van der Waals surface area contributed by atoms with Gasteiger partial charge in [0.25, 0.3) is 5.91 Å². The predicted molar refractivity (Wildman–Crippen MR) is 94.3 cm³/mol. The van der Waals surface area contributed by atoms with Crippen molar-refractivity contribution in [3.05, 3.63) is 47.0 Å². The number of aryl methyl sites for hydroxylation is 1. The van der Waals surface area contributed by atoms with E-state index >= 15 is 0 Å². The number of nitrogens with two attached hydrogens (primary N) is 1. The molecule has 1 amide bonds. The van der Waals surface area contributed by atoms with E-state index in [1.807, 2.05) is 19.1 Å². The van der Waals surface area contributed by atoms with Crippen molar-refractivity contribution in [3.63, 3.8) is 0 Å². The number of thiazole rings is 1. The zero-order chi connectivity index (χ0) is 16.4. The van der Waals surface area contributed by atoms with E-state index in [1.165, 1.54) is 11.3 Å². The molecule has 0 unspecified atom stereocenters. The topological polar surface area (TPSA) is 77.2 Å². The van der Waals surface area contributed by atoms with E-state index in [0.717, 1.165) is 15.8 Å². The third kappa shape index (κ3) is 3.72. The Morgan fingerprint density at radius 2 is 2.17 bits per heavy atom. The lowest BCUT2D eigenvalue weighted by Crippen LogP contribution is -2.20. The van der Waals surface area contributed by atoms with Crippen molar-refractivity contribution >= 4 is 49.9 Å². The van der Waals surface area contributed by atoms with Crippen LogP contribution in [0.3, 0.4) is 0 Å². The van der Waals surface area contributed by atoms with Crippen LogP contribution in [0.5, 0.6) is 5.75 Å². The quantitative estimate of drug-likeness (QED) is 0.751.